The highest BCUT2D eigenvalue weighted by atomic mass is 32.2. The maximum Gasteiger partial charge on any atom is 0.234 e. The van der Waals surface area contributed by atoms with Crippen LogP contribution in [0.15, 0.2) is 53.4 Å². The number of anilines is 1. The van der Waals surface area contributed by atoms with Crippen LogP contribution < -0.4 is 5.32 Å². The van der Waals surface area contributed by atoms with Crippen molar-refractivity contribution < 1.29 is 9.53 Å². The Kier molecular flexibility index (Phi) is 6.50. The Morgan fingerprint density at radius 2 is 1.92 bits per heavy atom. The van der Waals surface area contributed by atoms with Gasteiger partial charge in [-0.1, -0.05) is 29.8 Å². The molecule has 5 heteroatoms. The van der Waals surface area contributed by atoms with Gasteiger partial charge in [0.15, 0.2) is 0 Å². The van der Waals surface area contributed by atoms with Gasteiger partial charge in [-0.15, -0.1) is 11.8 Å². The van der Waals surface area contributed by atoms with Gasteiger partial charge >= 0.3 is 0 Å². The normalized spacial score (nSPS) is 15.1. The fourth-order valence-electron chi connectivity index (χ4n) is 2.76. The summed E-state index contributed by atoms with van der Waals surface area (Å²) in [6.45, 7) is 6.58. The highest BCUT2D eigenvalue weighted by Gasteiger charge is 2.10. The molecule has 1 heterocycles. The van der Waals surface area contributed by atoms with Crippen LogP contribution in [0.25, 0.3) is 0 Å². The van der Waals surface area contributed by atoms with Gasteiger partial charge in [0, 0.05) is 30.2 Å². The Hall–Kier alpha value is -1.82. The number of ether oxygens (including phenoxy) is 1. The molecule has 132 valence electrons. The minimum Gasteiger partial charge on any atom is -0.379 e. The quantitative estimate of drug-likeness (QED) is 0.804. The summed E-state index contributed by atoms with van der Waals surface area (Å²) in [4.78, 5) is 15.6. The summed E-state index contributed by atoms with van der Waals surface area (Å²) in [5.41, 5.74) is 3.32. The van der Waals surface area contributed by atoms with Crippen LogP contribution in [0.4, 0.5) is 5.69 Å². The molecule has 0 bridgehead atoms. The number of amides is 1. The van der Waals surface area contributed by atoms with Gasteiger partial charge in [-0.3, -0.25) is 9.69 Å². The van der Waals surface area contributed by atoms with E-state index in [2.05, 4.69) is 41.4 Å². The molecule has 0 aromatic heterocycles. The number of hydrogen-bond acceptors (Lipinski definition) is 4. The second-order valence-electron chi connectivity index (χ2n) is 6.24. The molecule has 0 aliphatic carbocycles. The van der Waals surface area contributed by atoms with Crippen molar-refractivity contribution in [3.8, 4) is 0 Å². The molecule has 0 unspecified atom stereocenters. The van der Waals surface area contributed by atoms with Crippen molar-refractivity contribution in [2.75, 3.05) is 37.4 Å². The number of morpholine rings is 1. The average Bonchev–Trinajstić information content (AvgIpc) is 2.63. The van der Waals surface area contributed by atoms with E-state index in [-0.39, 0.29) is 5.91 Å². The van der Waals surface area contributed by atoms with Crippen LogP contribution in [0, 0.1) is 6.92 Å². The van der Waals surface area contributed by atoms with Crippen molar-refractivity contribution in [2.45, 2.75) is 18.4 Å². The third-order valence-corrected chi connectivity index (χ3v) is 5.10. The van der Waals surface area contributed by atoms with Crippen LogP contribution >= 0.6 is 11.8 Å². The molecule has 1 fully saturated rings. The van der Waals surface area contributed by atoms with E-state index in [4.69, 9.17) is 4.74 Å². The van der Waals surface area contributed by atoms with Crippen molar-refractivity contribution in [3.63, 3.8) is 0 Å². The highest BCUT2D eigenvalue weighted by Crippen LogP contribution is 2.19. The minimum absolute atomic E-state index is 0.0208. The zero-order chi connectivity index (χ0) is 17.5. The second kappa shape index (κ2) is 9.04. The molecule has 0 saturated carbocycles. The Morgan fingerprint density at radius 1 is 1.16 bits per heavy atom. The lowest BCUT2D eigenvalue weighted by Gasteiger charge is -2.26. The van der Waals surface area contributed by atoms with Crippen LogP contribution in [0.3, 0.4) is 0 Å². The molecule has 1 saturated heterocycles. The predicted octanol–water partition coefficient (Wildman–Crippen LogP) is 3.56. The number of carbonyl (C=O) groups is 1. The number of nitrogens with one attached hydrogen (secondary N) is 1. The summed E-state index contributed by atoms with van der Waals surface area (Å²) in [6, 6.07) is 16.3. The van der Waals surface area contributed by atoms with Crippen molar-refractivity contribution in [1.29, 1.82) is 0 Å². The lowest BCUT2D eigenvalue weighted by atomic mass is 10.2. The molecule has 1 amide bonds. The largest absolute Gasteiger partial charge is 0.379 e. The van der Waals surface area contributed by atoms with Crippen LogP contribution in [-0.2, 0) is 16.1 Å². The summed E-state index contributed by atoms with van der Waals surface area (Å²) in [6.07, 6.45) is 0. The molecule has 0 radical (unpaired) electrons. The standard InChI is InChI=1S/C20H24N2O2S/c1-16-3-2-4-19(13-16)25-15-20(23)21-18-7-5-17(6-8-18)14-22-9-11-24-12-10-22/h2-8,13H,9-12,14-15H2,1H3,(H,21,23). The zero-order valence-electron chi connectivity index (χ0n) is 14.5. The third kappa shape index (κ3) is 5.88. The summed E-state index contributed by atoms with van der Waals surface area (Å²) in [5.74, 6) is 0.436. The van der Waals surface area contributed by atoms with E-state index in [0.717, 1.165) is 43.4 Å². The minimum atomic E-state index is 0.0208. The average molecular weight is 356 g/mol. The van der Waals surface area contributed by atoms with E-state index >= 15 is 0 Å². The van der Waals surface area contributed by atoms with Gasteiger partial charge in [0.25, 0.3) is 0 Å². The Morgan fingerprint density at radius 3 is 2.64 bits per heavy atom. The number of carbonyl (C=O) groups excluding carboxylic acids is 1. The van der Waals surface area contributed by atoms with Gasteiger partial charge < -0.3 is 10.1 Å². The molecule has 1 N–H and O–H groups in total. The van der Waals surface area contributed by atoms with Crippen molar-refractivity contribution >= 4 is 23.4 Å². The Labute approximate surface area is 153 Å². The fourth-order valence-corrected chi connectivity index (χ4v) is 3.58. The SMILES string of the molecule is Cc1cccc(SCC(=O)Nc2ccc(CN3CCOCC3)cc2)c1. The molecule has 3 rings (SSSR count). The van der Waals surface area contributed by atoms with Gasteiger partial charge in [-0.2, -0.15) is 0 Å². The van der Waals surface area contributed by atoms with Crippen LogP contribution in [0.1, 0.15) is 11.1 Å². The number of rotatable bonds is 6. The van der Waals surface area contributed by atoms with Gasteiger partial charge in [0.05, 0.1) is 19.0 Å². The molecule has 1 aliphatic heterocycles. The monoisotopic (exact) mass is 356 g/mol. The van der Waals surface area contributed by atoms with E-state index in [9.17, 15) is 4.79 Å². The van der Waals surface area contributed by atoms with Crippen LogP contribution in [0.5, 0.6) is 0 Å². The molecule has 4 nitrogen and oxygen atoms in total. The summed E-state index contributed by atoms with van der Waals surface area (Å²) < 4.78 is 5.37. The van der Waals surface area contributed by atoms with E-state index < -0.39 is 0 Å². The highest BCUT2D eigenvalue weighted by molar-refractivity contribution is 8.00. The number of thioether (sulfide) groups is 1. The first-order valence-electron chi connectivity index (χ1n) is 8.57. The molecule has 25 heavy (non-hydrogen) atoms. The topological polar surface area (TPSA) is 41.6 Å². The number of benzene rings is 2. The maximum atomic E-state index is 12.1. The molecule has 2 aromatic carbocycles. The van der Waals surface area contributed by atoms with E-state index in [0.29, 0.717) is 5.75 Å². The molecular weight excluding hydrogens is 332 g/mol. The maximum absolute atomic E-state index is 12.1. The number of nitrogens with zero attached hydrogens (tertiary/aromatic N) is 1. The van der Waals surface area contributed by atoms with E-state index in [1.807, 2.05) is 24.3 Å². The van der Waals surface area contributed by atoms with Crippen molar-refractivity contribution in [2.24, 2.45) is 0 Å². The smallest absolute Gasteiger partial charge is 0.234 e. The van der Waals surface area contributed by atoms with E-state index in [1.165, 1.54) is 11.1 Å². The number of hydrogen-bond donors (Lipinski definition) is 1. The van der Waals surface area contributed by atoms with Gasteiger partial charge in [-0.05, 0) is 36.8 Å². The lowest BCUT2D eigenvalue weighted by molar-refractivity contribution is -0.113. The van der Waals surface area contributed by atoms with E-state index in [1.54, 1.807) is 11.8 Å². The third-order valence-electron chi connectivity index (χ3n) is 4.11. The molecule has 2 aromatic rings. The molecule has 0 spiro atoms. The Bertz CT molecular complexity index is 697. The lowest BCUT2D eigenvalue weighted by Crippen LogP contribution is -2.35. The molecule has 1 aliphatic rings. The Balaban J connectivity index is 1.46. The van der Waals surface area contributed by atoms with Crippen LogP contribution in [-0.4, -0.2) is 42.9 Å². The summed E-state index contributed by atoms with van der Waals surface area (Å²) >= 11 is 1.56. The first-order chi connectivity index (χ1) is 12.2. The van der Waals surface area contributed by atoms with Gasteiger partial charge in [0.1, 0.15) is 0 Å². The van der Waals surface area contributed by atoms with Gasteiger partial charge in [0.2, 0.25) is 5.91 Å². The van der Waals surface area contributed by atoms with Gasteiger partial charge in [-0.25, -0.2) is 0 Å². The zero-order valence-corrected chi connectivity index (χ0v) is 15.3. The second-order valence-corrected chi connectivity index (χ2v) is 7.29. The first-order valence-corrected chi connectivity index (χ1v) is 9.56. The van der Waals surface area contributed by atoms with Crippen LogP contribution in [0.2, 0.25) is 0 Å². The number of aryl methyl sites for hydroxylation is 1. The molecule has 0 atom stereocenters. The predicted molar refractivity (Wildman–Crippen MR) is 103 cm³/mol. The molecular formula is C20H24N2O2S. The summed E-state index contributed by atoms with van der Waals surface area (Å²) in [5, 5.41) is 2.96. The summed E-state index contributed by atoms with van der Waals surface area (Å²) in [7, 11) is 0. The van der Waals surface area contributed by atoms with Crippen molar-refractivity contribution in [3.05, 3.63) is 59.7 Å². The van der Waals surface area contributed by atoms with Crippen molar-refractivity contribution in [1.82, 2.24) is 4.90 Å². The first kappa shape index (κ1) is 18.0. The fraction of sp³-hybridized carbons (Fsp3) is 0.350.